The Hall–Kier alpha value is -3.42. The average molecular weight is 355 g/mol. The van der Waals surface area contributed by atoms with Gasteiger partial charge in [0.05, 0.1) is 11.6 Å². The second kappa shape index (κ2) is 7.22. The fourth-order valence-corrected chi connectivity index (χ4v) is 2.93. The third-order valence-electron chi connectivity index (χ3n) is 4.25. The van der Waals surface area contributed by atoms with Crippen molar-refractivity contribution in [2.75, 3.05) is 0 Å². The number of carbonyl (C=O) groups excluding carboxylic acids is 2. The second-order valence-electron chi connectivity index (χ2n) is 6.09. The first kappa shape index (κ1) is 17.4. The lowest BCUT2D eigenvalue weighted by atomic mass is 9.98. The molecule has 0 saturated carbocycles. The topological polar surface area (TPSA) is 122 Å². The molecule has 8 heteroatoms. The van der Waals surface area contributed by atoms with Crippen LogP contribution in [0, 0.1) is 10.1 Å². The first-order valence-electron chi connectivity index (χ1n) is 8.08. The molecule has 0 saturated heterocycles. The monoisotopic (exact) mass is 355 g/mol. The lowest BCUT2D eigenvalue weighted by molar-refractivity contribution is -0.523. The molecule has 134 valence electrons. The molecule has 1 aliphatic carbocycles. The molecule has 3 rings (SSSR count). The van der Waals surface area contributed by atoms with Gasteiger partial charge in [-0.3, -0.25) is 20.2 Å². The summed E-state index contributed by atoms with van der Waals surface area (Å²) < 4.78 is 0. The number of carbonyl (C=O) groups is 2. The van der Waals surface area contributed by atoms with Gasteiger partial charge in [-0.1, -0.05) is 36.4 Å². The number of imide groups is 1. The average Bonchev–Trinajstić information content (AvgIpc) is 2.61. The summed E-state index contributed by atoms with van der Waals surface area (Å²) in [7, 11) is 0. The maximum absolute atomic E-state index is 12.3. The Labute approximate surface area is 148 Å². The molecule has 2 unspecified atom stereocenters. The molecule has 3 N–H and O–H groups in total. The van der Waals surface area contributed by atoms with Crippen LogP contribution in [0.1, 0.15) is 23.2 Å². The van der Waals surface area contributed by atoms with E-state index in [2.05, 4.69) is 10.6 Å². The number of hydrogen-bond acceptors (Lipinski definition) is 5. The van der Waals surface area contributed by atoms with E-state index in [0.717, 1.165) is 10.8 Å². The van der Waals surface area contributed by atoms with Crippen molar-refractivity contribution in [1.82, 2.24) is 10.6 Å². The van der Waals surface area contributed by atoms with Gasteiger partial charge in [0.15, 0.2) is 0 Å². The Morgan fingerprint density at radius 3 is 2.58 bits per heavy atom. The Morgan fingerprint density at radius 2 is 1.88 bits per heavy atom. The van der Waals surface area contributed by atoms with Crippen LogP contribution < -0.4 is 10.6 Å². The quantitative estimate of drug-likeness (QED) is 0.443. The Kier molecular flexibility index (Phi) is 4.83. The van der Waals surface area contributed by atoms with Gasteiger partial charge in [0, 0.05) is 17.8 Å². The van der Waals surface area contributed by atoms with Gasteiger partial charge in [-0.05, 0) is 22.9 Å². The molecule has 2 atom stereocenters. The number of amides is 3. The number of phenols is 1. The van der Waals surface area contributed by atoms with Crippen LogP contribution in [0.15, 0.2) is 48.6 Å². The number of nitro groups is 1. The van der Waals surface area contributed by atoms with Crippen LogP contribution in [0.5, 0.6) is 5.75 Å². The Morgan fingerprint density at radius 1 is 1.19 bits per heavy atom. The van der Waals surface area contributed by atoms with Crippen LogP contribution in [0.2, 0.25) is 0 Å². The molecular weight excluding hydrogens is 338 g/mol. The molecule has 0 radical (unpaired) electrons. The van der Waals surface area contributed by atoms with Crippen LogP contribution in [0.3, 0.4) is 0 Å². The van der Waals surface area contributed by atoms with Crippen molar-refractivity contribution >= 4 is 22.7 Å². The number of benzene rings is 2. The zero-order valence-corrected chi connectivity index (χ0v) is 13.7. The maximum Gasteiger partial charge on any atom is 0.322 e. The molecule has 0 aromatic heterocycles. The maximum atomic E-state index is 12.3. The number of urea groups is 1. The highest BCUT2D eigenvalue weighted by Crippen LogP contribution is 2.24. The van der Waals surface area contributed by atoms with Crippen LogP contribution in [-0.4, -0.2) is 34.1 Å². The van der Waals surface area contributed by atoms with E-state index in [1.165, 1.54) is 12.1 Å². The van der Waals surface area contributed by atoms with Crippen molar-refractivity contribution in [3.8, 4) is 5.75 Å². The molecule has 0 fully saturated rings. The number of aromatic hydroxyl groups is 1. The SMILES string of the molecule is O=C(NC(=O)c1cc2ccccc2cc1O)NC1C=CCC([N+](=O)[O-])C1. The van der Waals surface area contributed by atoms with Crippen molar-refractivity contribution < 1.29 is 19.6 Å². The summed E-state index contributed by atoms with van der Waals surface area (Å²) in [5, 5.41) is 27.1. The summed E-state index contributed by atoms with van der Waals surface area (Å²) >= 11 is 0. The minimum Gasteiger partial charge on any atom is -0.507 e. The van der Waals surface area contributed by atoms with Crippen molar-refractivity contribution in [3.63, 3.8) is 0 Å². The molecule has 1 aliphatic rings. The minimum atomic E-state index is -0.777. The minimum absolute atomic E-state index is 0.0267. The van der Waals surface area contributed by atoms with Gasteiger partial charge in [-0.15, -0.1) is 0 Å². The first-order valence-corrected chi connectivity index (χ1v) is 8.08. The van der Waals surface area contributed by atoms with E-state index in [1.807, 2.05) is 6.07 Å². The number of phenolic OH excluding ortho intramolecular Hbond substituents is 1. The van der Waals surface area contributed by atoms with Crippen LogP contribution >= 0.6 is 0 Å². The largest absolute Gasteiger partial charge is 0.507 e. The van der Waals surface area contributed by atoms with E-state index in [-0.39, 0.29) is 22.7 Å². The van der Waals surface area contributed by atoms with Gasteiger partial charge in [0.25, 0.3) is 5.91 Å². The molecule has 0 bridgehead atoms. The molecular formula is C18H17N3O5. The number of fused-ring (bicyclic) bond motifs is 1. The molecule has 0 spiro atoms. The number of nitrogens with one attached hydrogen (secondary N) is 2. The van der Waals surface area contributed by atoms with Gasteiger partial charge in [-0.2, -0.15) is 0 Å². The van der Waals surface area contributed by atoms with Crippen molar-refractivity contribution in [2.45, 2.75) is 24.9 Å². The molecule has 8 nitrogen and oxygen atoms in total. The van der Waals surface area contributed by atoms with Crippen molar-refractivity contribution in [2.24, 2.45) is 0 Å². The summed E-state index contributed by atoms with van der Waals surface area (Å²) in [6, 6.07) is 8.08. The highest BCUT2D eigenvalue weighted by Gasteiger charge is 2.27. The summed E-state index contributed by atoms with van der Waals surface area (Å²) in [5.74, 6) is -0.989. The molecule has 2 aromatic rings. The van der Waals surface area contributed by atoms with Gasteiger partial charge in [-0.25, -0.2) is 4.79 Å². The molecule has 0 aliphatic heterocycles. The predicted octanol–water partition coefficient (Wildman–Crippen LogP) is 2.35. The third kappa shape index (κ3) is 3.80. The van der Waals surface area contributed by atoms with E-state index in [9.17, 15) is 24.8 Å². The fraction of sp³-hybridized carbons (Fsp3) is 0.222. The summed E-state index contributed by atoms with van der Waals surface area (Å²) in [6.45, 7) is 0. The third-order valence-corrected chi connectivity index (χ3v) is 4.25. The molecule has 3 amide bonds. The predicted molar refractivity (Wildman–Crippen MR) is 94.6 cm³/mol. The highest BCUT2D eigenvalue weighted by molar-refractivity contribution is 6.08. The van der Waals surface area contributed by atoms with E-state index in [4.69, 9.17) is 0 Å². The van der Waals surface area contributed by atoms with Crippen molar-refractivity contribution in [3.05, 3.63) is 64.2 Å². The first-order chi connectivity index (χ1) is 12.4. The molecule has 2 aromatic carbocycles. The van der Waals surface area contributed by atoms with E-state index >= 15 is 0 Å². The molecule has 0 heterocycles. The lowest BCUT2D eigenvalue weighted by Gasteiger charge is -2.20. The number of nitrogens with zero attached hydrogens (tertiary/aromatic N) is 1. The van der Waals surface area contributed by atoms with Crippen LogP contribution in [0.25, 0.3) is 10.8 Å². The van der Waals surface area contributed by atoms with Gasteiger partial charge < -0.3 is 10.4 Å². The Bertz CT molecular complexity index is 909. The summed E-state index contributed by atoms with van der Waals surface area (Å²) in [5.41, 5.74) is -0.0267. The van der Waals surface area contributed by atoms with Crippen molar-refractivity contribution in [1.29, 1.82) is 0 Å². The Balaban J connectivity index is 1.67. The van der Waals surface area contributed by atoms with Gasteiger partial charge >= 0.3 is 6.03 Å². The summed E-state index contributed by atoms with van der Waals surface area (Å²) in [6.07, 6.45) is 3.78. The smallest absolute Gasteiger partial charge is 0.322 e. The zero-order chi connectivity index (χ0) is 18.7. The normalized spacial score (nSPS) is 19.1. The standard InChI is InChI=1S/C18H17N3O5/c22-16-9-12-5-2-1-4-11(12)8-15(16)17(23)20-18(24)19-13-6-3-7-14(10-13)21(25)26/h1-6,8-9,13-14,22H,7,10H2,(H2,19,20,23,24). The van der Waals surface area contributed by atoms with E-state index in [1.54, 1.807) is 30.4 Å². The van der Waals surface area contributed by atoms with E-state index in [0.29, 0.717) is 6.42 Å². The molecule has 26 heavy (non-hydrogen) atoms. The zero-order valence-electron chi connectivity index (χ0n) is 13.7. The number of hydrogen-bond donors (Lipinski definition) is 3. The summed E-state index contributed by atoms with van der Waals surface area (Å²) in [4.78, 5) is 34.8. The van der Waals surface area contributed by atoms with Gasteiger partial charge in [0.2, 0.25) is 6.04 Å². The van der Waals surface area contributed by atoms with E-state index < -0.39 is 24.0 Å². The lowest BCUT2D eigenvalue weighted by Crippen LogP contribution is -2.46. The van der Waals surface area contributed by atoms with Crippen LogP contribution in [0.4, 0.5) is 4.79 Å². The fourth-order valence-electron chi connectivity index (χ4n) is 2.93. The van der Waals surface area contributed by atoms with Gasteiger partial charge in [0.1, 0.15) is 5.75 Å². The van der Waals surface area contributed by atoms with Crippen LogP contribution in [-0.2, 0) is 0 Å². The number of rotatable bonds is 3. The highest BCUT2D eigenvalue weighted by atomic mass is 16.6. The second-order valence-corrected chi connectivity index (χ2v) is 6.09.